The second-order valence-electron chi connectivity index (χ2n) is 7.41. The molecule has 2 amide bonds. The fourth-order valence-electron chi connectivity index (χ4n) is 5.34. The summed E-state index contributed by atoms with van der Waals surface area (Å²) in [4.78, 5) is 27.7. The summed E-state index contributed by atoms with van der Waals surface area (Å²) in [5, 5.41) is 0. The zero-order chi connectivity index (χ0) is 15.2. The molecular weight excluding hydrogens is 274 g/mol. The van der Waals surface area contributed by atoms with Crippen LogP contribution in [-0.2, 0) is 9.59 Å². The second kappa shape index (κ2) is 3.89. The topological polar surface area (TPSA) is 37.4 Å². The number of aryl methyl sites for hydroxylation is 2. The first-order valence-electron chi connectivity index (χ1n) is 8.22. The number of hydrogen-bond acceptors (Lipinski definition) is 2. The Morgan fingerprint density at radius 3 is 1.91 bits per heavy atom. The smallest absolute Gasteiger partial charge is 0.238 e. The molecule has 3 nitrogen and oxygen atoms in total. The van der Waals surface area contributed by atoms with Crippen LogP contribution < -0.4 is 4.90 Å². The highest BCUT2D eigenvalue weighted by atomic mass is 16.2. The first-order valence-corrected chi connectivity index (χ1v) is 8.22. The van der Waals surface area contributed by atoms with E-state index in [0.29, 0.717) is 23.7 Å². The van der Waals surface area contributed by atoms with Crippen molar-refractivity contribution in [2.24, 2.45) is 35.5 Å². The molecule has 3 fully saturated rings. The molecule has 2 bridgehead atoms. The van der Waals surface area contributed by atoms with E-state index in [0.717, 1.165) is 16.8 Å². The fourth-order valence-corrected chi connectivity index (χ4v) is 5.34. The molecule has 4 aliphatic carbocycles. The Labute approximate surface area is 130 Å². The van der Waals surface area contributed by atoms with E-state index in [-0.39, 0.29) is 23.7 Å². The predicted molar refractivity (Wildman–Crippen MR) is 83.1 cm³/mol. The van der Waals surface area contributed by atoms with Gasteiger partial charge in [-0.15, -0.1) is 0 Å². The number of rotatable bonds is 1. The van der Waals surface area contributed by atoms with Crippen LogP contribution in [-0.4, -0.2) is 11.8 Å². The van der Waals surface area contributed by atoms with Crippen molar-refractivity contribution < 1.29 is 9.59 Å². The monoisotopic (exact) mass is 293 g/mol. The second-order valence-corrected chi connectivity index (χ2v) is 7.41. The van der Waals surface area contributed by atoms with Crippen molar-refractivity contribution in [1.29, 1.82) is 0 Å². The zero-order valence-corrected chi connectivity index (χ0v) is 12.8. The summed E-state index contributed by atoms with van der Waals surface area (Å²) in [6, 6.07) is 5.94. The molecule has 0 radical (unpaired) electrons. The van der Waals surface area contributed by atoms with Gasteiger partial charge in [0.05, 0.1) is 17.5 Å². The van der Waals surface area contributed by atoms with E-state index in [9.17, 15) is 9.59 Å². The first-order chi connectivity index (χ1) is 10.6. The highest BCUT2D eigenvalue weighted by Gasteiger charge is 2.67. The molecule has 6 rings (SSSR count). The summed E-state index contributed by atoms with van der Waals surface area (Å²) < 4.78 is 0. The van der Waals surface area contributed by atoms with Gasteiger partial charge in [-0.2, -0.15) is 0 Å². The number of para-hydroxylation sites is 1. The lowest BCUT2D eigenvalue weighted by atomic mass is 9.63. The number of anilines is 1. The molecule has 0 aromatic heterocycles. The van der Waals surface area contributed by atoms with Crippen molar-refractivity contribution in [3.05, 3.63) is 41.5 Å². The lowest BCUT2D eigenvalue weighted by Crippen LogP contribution is -2.40. The molecule has 1 aliphatic heterocycles. The van der Waals surface area contributed by atoms with Crippen LogP contribution in [0.3, 0.4) is 0 Å². The standard InChI is InChI=1S/C19H19NO2/c1-9-4-3-5-10(2)17(9)20-18(21)15-11-6-7-12(14-8-13(11)14)16(15)19(20)22/h3-7,11-16H,8H2,1-2H3/t11-,12+,13-,14-,15+,16-/m1/s1. The number of amides is 2. The van der Waals surface area contributed by atoms with Crippen molar-refractivity contribution in [2.45, 2.75) is 20.3 Å². The van der Waals surface area contributed by atoms with Gasteiger partial charge in [-0.3, -0.25) is 9.59 Å². The Hall–Kier alpha value is -1.90. The Kier molecular flexibility index (Phi) is 2.23. The molecular formula is C19H19NO2. The number of hydrogen-bond donors (Lipinski definition) is 0. The Morgan fingerprint density at radius 2 is 1.41 bits per heavy atom. The van der Waals surface area contributed by atoms with Crippen molar-refractivity contribution in [3.63, 3.8) is 0 Å². The van der Waals surface area contributed by atoms with Gasteiger partial charge in [0.15, 0.2) is 0 Å². The zero-order valence-electron chi connectivity index (χ0n) is 12.8. The number of carbonyl (C=O) groups excluding carboxylic acids is 2. The molecule has 1 aromatic carbocycles. The van der Waals surface area contributed by atoms with Crippen LogP contribution in [0.15, 0.2) is 30.4 Å². The average molecular weight is 293 g/mol. The molecule has 3 heteroatoms. The molecule has 0 unspecified atom stereocenters. The van der Waals surface area contributed by atoms with Gasteiger partial charge >= 0.3 is 0 Å². The highest BCUT2D eigenvalue weighted by molar-refractivity contribution is 6.23. The van der Waals surface area contributed by atoms with Crippen molar-refractivity contribution in [1.82, 2.24) is 0 Å². The molecule has 1 heterocycles. The first kappa shape index (κ1) is 12.6. The summed E-state index contributed by atoms with van der Waals surface area (Å²) in [6.45, 7) is 3.96. The molecule has 5 aliphatic rings. The number of benzene rings is 1. The number of nitrogens with zero attached hydrogens (tertiary/aromatic N) is 1. The van der Waals surface area contributed by atoms with Gasteiger partial charge in [-0.05, 0) is 55.1 Å². The van der Waals surface area contributed by atoms with E-state index >= 15 is 0 Å². The molecule has 0 spiro atoms. The van der Waals surface area contributed by atoms with Crippen LogP contribution in [0.2, 0.25) is 0 Å². The van der Waals surface area contributed by atoms with Crippen LogP contribution in [0.4, 0.5) is 5.69 Å². The minimum Gasteiger partial charge on any atom is -0.274 e. The molecule has 0 N–H and O–H groups in total. The Balaban J connectivity index is 1.64. The van der Waals surface area contributed by atoms with Gasteiger partial charge in [-0.1, -0.05) is 30.4 Å². The third kappa shape index (κ3) is 1.33. The van der Waals surface area contributed by atoms with Gasteiger partial charge < -0.3 is 0 Å². The van der Waals surface area contributed by atoms with Gasteiger partial charge in [0, 0.05) is 0 Å². The summed E-state index contributed by atoms with van der Waals surface area (Å²) in [7, 11) is 0. The van der Waals surface area contributed by atoms with Crippen LogP contribution in [0, 0.1) is 49.4 Å². The summed E-state index contributed by atoms with van der Waals surface area (Å²) >= 11 is 0. The quantitative estimate of drug-likeness (QED) is 0.590. The molecule has 1 aromatic rings. The summed E-state index contributed by atoms with van der Waals surface area (Å²) in [5.74, 6) is 1.78. The maximum absolute atomic E-state index is 13.1. The van der Waals surface area contributed by atoms with Crippen LogP contribution in [0.5, 0.6) is 0 Å². The Morgan fingerprint density at radius 1 is 0.909 bits per heavy atom. The minimum atomic E-state index is -0.106. The van der Waals surface area contributed by atoms with Crippen LogP contribution in [0.1, 0.15) is 17.5 Å². The lowest BCUT2D eigenvalue weighted by molar-refractivity contribution is -0.124. The van der Waals surface area contributed by atoms with E-state index < -0.39 is 0 Å². The normalized spacial score (nSPS) is 40.9. The third-order valence-corrected chi connectivity index (χ3v) is 6.33. The lowest BCUT2D eigenvalue weighted by Gasteiger charge is -2.37. The average Bonchev–Trinajstić information content (AvgIpc) is 3.27. The van der Waals surface area contributed by atoms with Crippen LogP contribution in [0.25, 0.3) is 0 Å². The van der Waals surface area contributed by atoms with E-state index in [4.69, 9.17) is 0 Å². The third-order valence-electron chi connectivity index (χ3n) is 6.33. The fraction of sp³-hybridized carbons (Fsp3) is 0.474. The predicted octanol–water partition coefficient (Wildman–Crippen LogP) is 2.86. The van der Waals surface area contributed by atoms with E-state index in [1.54, 1.807) is 0 Å². The van der Waals surface area contributed by atoms with Gasteiger partial charge in [0.2, 0.25) is 11.8 Å². The van der Waals surface area contributed by atoms with Gasteiger partial charge in [-0.25, -0.2) is 4.90 Å². The highest BCUT2D eigenvalue weighted by Crippen LogP contribution is 2.65. The SMILES string of the molecule is Cc1cccc(C)c1N1C(=O)[C@@H]2[C@H]3C=C[C@H]([C@H]4C[C@H]34)[C@@H]2C1=O. The largest absolute Gasteiger partial charge is 0.274 e. The molecule has 1 saturated heterocycles. The molecule has 22 heavy (non-hydrogen) atoms. The summed E-state index contributed by atoms with van der Waals surface area (Å²) in [5.41, 5.74) is 2.83. The van der Waals surface area contributed by atoms with Gasteiger partial charge in [0.1, 0.15) is 0 Å². The molecule has 112 valence electrons. The van der Waals surface area contributed by atoms with Crippen molar-refractivity contribution in [2.75, 3.05) is 4.90 Å². The number of carbonyl (C=O) groups is 2. The van der Waals surface area contributed by atoms with Crippen molar-refractivity contribution in [3.8, 4) is 0 Å². The maximum atomic E-state index is 13.1. The Bertz CT molecular complexity index is 694. The minimum absolute atomic E-state index is 0.0390. The van der Waals surface area contributed by atoms with Gasteiger partial charge in [0.25, 0.3) is 0 Å². The van der Waals surface area contributed by atoms with Crippen LogP contribution >= 0.6 is 0 Å². The number of imide groups is 1. The van der Waals surface area contributed by atoms with Crippen molar-refractivity contribution >= 4 is 17.5 Å². The molecule has 6 atom stereocenters. The maximum Gasteiger partial charge on any atom is 0.238 e. The number of allylic oxidation sites excluding steroid dienone is 2. The molecule has 2 saturated carbocycles. The van der Waals surface area contributed by atoms with E-state index in [1.165, 1.54) is 11.3 Å². The van der Waals surface area contributed by atoms with E-state index in [2.05, 4.69) is 12.2 Å². The summed E-state index contributed by atoms with van der Waals surface area (Å²) in [6.07, 6.45) is 5.65. The van der Waals surface area contributed by atoms with E-state index in [1.807, 2.05) is 32.0 Å².